The van der Waals surface area contributed by atoms with Crippen molar-refractivity contribution in [3.05, 3.63) is 64.0 Å². The van der Waals surface area contributed by atoms with Crippen LogP contribution in [0.1, 0.15) is 11.1 Å². The van der Waals surface area contributed by atoms with E-state index in [0.717, 1.165) is 12.1 Å². The van der Waals surface area contributed by atoms with E-state index in [1.807, 2.05) is 36.1 Å². The molecule has 5 nitrogen and oxygen atoms in total. The van der Waals surface area contributed by atoms with Crippen LogP contribution in [0.2, 0.25) is 0 Å². The van der Waals surface area contributed by atoms with Crippen molar-refractivity contribution in [3.63, 3.8) is 0 Å². The number of hydrogen-bond acceptors (Lipinski definition) is 3. The zero-order chi connectivity index (χ0) is 13.0. The molecular formula is C13H15N3O2. The zero-order valence-electron chi connectivity index (χ0n) is 10.2. The molecule has 18 heavy (non-hydrogen) atoms. The van der Waals surface area contributed by atoms with Crippen molar-refractivity contribution >= 4 is 5.69 Å². The monoisotopic (exact) mass is 245 g/mol. The molecular weight excluding hydrogens is 230 g/mol. The second-order valence-electron chi connectivity index (χ2n) is 4.15. The van der Waals surface area contributed by atoms with Gasteiger partial charge in [-0.25, -0.2) is 0 Å². The van der Waals surface area contributed by atoms with Gasteiger partial charge >= 0.3 is 0 Å². The lowest BCUT2D eigenvalue weighted by Gasteiger charge is -2.03. The van der Waals surface area contributed by atoms with Crippen LogP contribution in [0.15, 0.2) is 42.7 Å². The second kappa shape index (κ2) is 5.46. The quantitative estimate of drug-likeness (QED) is 0.648. The molecule has 0 aliphatic rings. The Morgan fingerprint density at radius 3 is 2.89 bits per heavy atom. The van der Waals surface area contributed by atoms with Gasteiger partial charge in [0.2, 0.25) is 0 Å². The number of rotatable bonds is 5. The first kappa shape index (κ1) is 12.3. The minimum absolute atomic E-state index is 0.134. The fourth-order valence-corrected chi connectivity index (χ4v) is 1.88. The average molecular weight is 245 g/mol. The molecule has 0 radical (unpaired) electrons. The summed E-state index contributed by atoms with van der Waals surface area (Å²) in [5, 5.41) is 13.8. The van der Waals surface area contributed by atoms with E-state index in [4.69, 9.17) is 0 Å². The molecule has 0 bridgehead atoms. The minimum atomic E-state index is -0.369. The van der Waals surface area contributed by atoms with Crippen LogP contribution in [0, 0.1) is 10.1 Å². The minimum Gasteiger partial charge on any atom is -0.350 e. The molecule has 94 valence electrons. The molecule has 0 aliphatic heterocycles. The molecule has 0 unspecified atom stereocenters. The maximum Gasteiger partial charge on any atom is 0.269 e. The molecule has 1 N–H and O–H groups in total. The van der Waals surface area contributed by atoms with Crippen molar-refractivity contribution in [1.29, 1.82) is 0 Å². The summed E-state index contributed by atoms with van der Waals surface area (Å²) in [5.74, 6) is 0. The third kappa shape index (κ3) is 2.95. The molecule has 0 fully saturated rings. The number of nitrogens with one attached hydrogen (secondary N) is 1. The van der Waals surface area contributed by atoms with Crippen LogP contribution >= 0.6 is 0 Å². The van der Waals surface area contributed by atoms with Gasteiger partial charge in [0.25, 0.3) is 5.69 Å². The zero-order valence-corrected chi connectivity index (χ0v) is 10.2. The topological polar surface area (TPSA) is 60.1 Å². The molecule has 1 heterocycles. The predicted molar refractivity (Wildman–Crippen MR) is 69.4 cm³/mol. The van der Waals surface area contributed by atoms with E-state index in [0.29, 0.717) is 6.54 Å². The molecule has 0 saturated carbocycles. The summed E-state index contributed by atoms with van der Waals surface area (Å²) in [6.07, 6.45) is 4.01. The van der Waals surface area contributed by atoms with Crippen molar-refractivity contribution in [2.45, 2.75) is 13.1 Å². The maximum absolute atomic E-state index is 10.7. The van der Waals surface area contributed by atoms with Gasteiger partial charge in [0.1, 0.15) is 0 Å². The Morgan fingerprint density at radius 2 is 2.17 bits per heavy atom. The van der Waals surface area contributed by atoms with Crippen LogP contribution in [0.5, 0.6) is 0 Å². The summed E-state index contributed by atoms with van der Waals surface area (Å²) in [6.45, 7) is 1.47. The van der Waals surface area contributed by atoms with Gasteiger partial charge < -0.3 is 9.88 Å². The lowest BCUT2D eigenvalue weighted by Crippen LogP contribution is -2.04. The molecule has 2 rings (SSSR count). The highest BCUT2D eigenvalue weighted by atomic mass is 16.6. The molecule has 1 aromatic heterocycles. The molecule has 5 heteroatoms. The Morgan fingerprint density at radius 1 is 1.33 bits per heavy atom. The standard InChI is InChI=1S/C13H15N3O2/c1-14-8-12-5-6-15(10-12)9-11-3-2-4-13(7-11)16(17)18/h2-7,10,14H,8-9H2,1H3. The van der Waals surface area contributed by atoms with Crippen molar-refractivity contribution in [3.8, 4) is 0 Å². The lowest BCUT2D eigenvalue weighted by atomic mass is 10.2. The second-order valence-corrected chi connectivity index (χ2v) is 4.15. The van der Waals surface area contributed by atoms with E-state index in [1.54, 1.807) is 12.1 Å². The fourth-order valence-electron chi connectivity index (χ4n) is 1.88. The van der Waals surface area contributed by atoms with Gasteiger partial charge in [-0.05, 0) is 24.2 Å². The summed E-state index contributed by atoms with van der Waals surface area (Å²) in [5.41, 5.74) is 2.26. The smallest absolute Gasteiger partial charge is 0.269 e. The first-order valence-corrected chi connectivity index (χ1v) is 5.71. The molecule has 0 atom stereocenters. The number of nitro benzene ring substituents is 1. The molecule has 2 aromatic rings. The van der Waals surface area contributed by atoms with Crippen molar-refractivity contribution in [2.75, 3.05) is 7.05 Å². The summed E-state index contributed by atoms with van der Waals surface area (Å²) in [6, 6.07) is 8.76. The highest BCUT2D eigenvalue weighted by Crippen LogP contribution is 2.14. The van der Waals surface area contributed by atoms with Gasteiger partial charge in [-0.2, -0.15) is 0 Å². The Labute approximate surface area is 105 Å². The summed E-state index contributed by atoms with van der Waals surface area (Å²) < 4.78 is 2.02. The van der Waals surface area contributed by atoms with E-state index in [2.05, 4.69) is 5.32 Å². The van der Waals surface area contributed by atoms with Crippen LogP contribution in [0.25, 0.3) is 0 Å². The molecule has 0 aliphatic carbocycles. The highest BCUT2D eigenvalue weighted by Gasteiger charge is 2.05. The Bertz CT molecular complexity index is 549. The van der Waals surface area contributed by atoms with Gasteiger partial charge in [0, 0.05) is 37.6 Å². The summed E-state index contributed by atoms with van der Waals surface area (Å²) >= 11 is 0. The van der Waals surface area contributed by atoms with Crippen molar-refractivity contribution < 1.29 is 4.92 Å². The average Bonchev–Trinajstić information content (AvgIpc) is 2.77. The highest BCUT2D eigenvalue weighted by molar-refractivity contribution is 5.34. The number of nitro groups is 1. The first-order chi connectivity index (χ1) is 8.69. The van der Waals surface area contributed by atoms with Gasteiger partial charge in [-0.3, -0.25) is 10.1 Å². The van der Waals surface area contributed by atoms with E-state index in [9.17, 15) is 10.1 Å². The van der Waals surface area contributed by atoms with E-state index < -0.39 is 0 Å². The summed E-state index contributed by atoms with van der Waals surface area (Å²) in [7, 11) is 1.90. The van der Waals surface area contributed by atoms with Crippen LogP contribution in [-0.2, 0) is 13.1 Å². The van der Waals surface area contributed by atoms with E-state index in [-0.39, 0.29) is 10.6 Å². The molecule has 1 aromatic carbocycles. The van der Waals surface area contributed by atoms with Crippen molar-refractivity contribution in [2.24, 2.45) is 0 Å². The normalized spacial score (nSPS) is 10.5. The third-order valence-corrected chi connectivity index (χ3v) is 2.68. The van der Waals surface area contributed by atoms with Crippen LogP contribution < -0.4 is 5.32 Å². The first-order valence-electron chi connectivity index (χ1n) is 5.71. The van der Waals surface area contributed by atoms with Gasteiger partial charge in [-0.15, -0.1) is 0 Å². The van der Waals surface area contributed by atoms with Crippen molar-refractivity contribution in [1.82, 2.24) is 9.88 Å². The van der Waals surface area contributed by atoms with E-state index in [1.165, 1.54) is 11.6 Å². The Balaban J connectivity index is 2.12. The SMILES string of the molecule is CNCc1ccn(Cc2cccc([N+](=O)[O-])c2)c1. The van der Waals surface area contributed by atoms with Gasteiger partial charge in [0.05, 0.1) is 4.92 Å². The third-order valence-electron chi connectivity index (χ3n) is 2.68. The van der Waals surface area contributed by atoms with Crippen LogP contribution in [0.4, 0.5) is 5.69 Å². The summed E-state index contributed by atoms with van der Waals surface area (Å²) in [4.78, 5) is 10.3. The largest absolute Gasteiger partial charge is 0.350 e. The van der Waals surface area contributed by atoms with Crippen LogP contribution in [-0.4, -0.2) is 16.5 Å². The maximum atomic E-state index is 10.7. The fraction of sp³-hybridized carbons (Fsp3) is 0.231. The molecule has 0 saturated heterocycles. The van der Waals surface area contributed by atoms with Crippen LogP contribution in [0.3, 0.4) is 0 Å². The number of hydrogen-bond donors (Lipinski definition) is 1. The Kier molecular flexibility index (Phi) is 3.74. The number of aromatic nitrogens is 1. The number of non-ortho nitro benzene ring substituents is 1. The molecule has 0 amide bonds. The van der Waals surface area contributed by atoms with Gasteiger partial charge in [-0.1, -0.05) is 12.1 Å². The predicted octanol–water partition coefficient (Wildman–Crippen LogP) is 2.16. The lowest BCUT2D eigenvalue weighted by molar-refractivity contribution is -0.384. The number of benzene rings is 1. The van der Waals surface area contributed by atoms with E-state index >= 15 is 0 Å². The van der Waals surface area contributed by atoms with Gasteiger partial charge in [0.15, 0.2) is 0 Å². The molecule has 0 spiro atoms. The number of nitrogens with zero attached hydrogens (tertiary/aromatic N) is 2. The Hall–Kier alpha value is -2.14.